The molecule has 1 rings (SSSR count). The Morgan fingerprint density at radius 3 is 2.88 bits per heavy atom. The maximum absolute atomic E-state index is 11.3. The molecule has 1 aromatic rings. The summed E-state index contributed by atoms with van der Waals surface area (Å²) in [5.74, 6) is 1.26. The van der Waals surface area contributed by atoms with E-state index in [9.17, 15) is 4.21 Å². The lowest BCUT2D eigenvalue weighted by molar-refractivity contribution is 0.684. The van der Waals surface area contributed by atoms with Gasteiger partial charge in [0.2, 0.25) is 0 Å². The Morgan fingerprint density at radius 2 is 2.29 bits per heavy atom. The van der Waals surface area contributed by atoms with Gasteiger partial charge in [0.05, 0.1) is 10.6 Å². The van der Waals surface area contributed by atoms with Gasteiger partial charge < -0.3 is 11.1 Å². The molecule has 94 valence electrons. The number of nitrogens with two attached hydrogens (primary N) is 1. The van der Waals surface area contributed by atoms with Crippen LogP contribution in [-0.2, 0) is 10.8 Å². The molecule has 3 nitrogen and oxygen atoms in total. The van der Waals surface area contributed by atoms with E-state index in [-0.39, 0.29) is 4.99 Å². The Morgan fingerprint density at radius 1 is 1.59 bits per heavy atom. The van der Waals surface area contributed by atoms with Gasteiger partial charge >= 0.3 is 0 Å². The summed E-state index contributed by atoms with van der Waals surface area (Å²) in [4.78, 5) is 0.259. The lowest BCUT2D eigenvalue weighted by Crippen LogP contribution is -2.17. The van der Waals surface area contributed by atoms with Gasteiger partial charge in [-0.15, -0.1) is 0 Å². The number of anilines is 1. The lowest BCUT2D eigenvalue weighted by Gasteiger charge is -2.12. The number of hydrogen-bond donors (Lipinski definition) is 2. The molecule has 6 heteroatoms. The number of nitrogens with one attached hydrogen (secondary N) is 1. The Bertz CT molecular complexity index is 437. The molecule has 0 aromatic heterocycles. The summed E-state index contributed by atoms with van der Waals surface area (Å²) in [6.07, 6.45) is 0. The van der Waals surface area contributed by atoms with E-state index in [1.165, 1.54) is 0 Å². The normalized spacial score (nSPS) is 12.1. The highest BCUT2D eigenvalue weighted by atomic mass is 35.5. The monoisotopic (exact) mass is 290 g/mol. The minimum atomic E-state index is -0.783. The standard InChI is InChI=1S/C11H15ClN2OS2/c1-2-17(15)7-6-14-9-5-3-4-8(12)10(9)11(13)16/h3-5,14H,2,6-7H2,1H3,(H2,13,16). The first-order valence-corrected chi connectivity index (χ1v) is 7.50. The molecule has 0 fully saturated rings. The van der Waals surface area contributed by atoms with Gasteiger partial charge in [-0.3, -0.25) is 4.21 Å². The van der Waals surface area contributed by atoms with Crippen molar-refractivity contribution in [3.8, 4) is 0 Å². The van der Waals surface area contributed by atoms with Crippen molar-refractivity contribution in [1.82, 2.24) is 0 Å². The van der Waals surface area contributed by atoms with Crippen LogP contribution in [0.25, 0.3) is 0 Å². The molecule has 0 aliphatic heterocycles. The summed E-state index contributed by atoms with van der Waals surface area (Å²) in [5.41, 5.74) is 7.05. The first-order chi connectivity index (χ1) is 8.06. The van der Waals surface area contributed by atoms with E-state index in [1.54, 1.807) is 6.07 Å². The Hall–Kier alpha value is -0.650. The summed E-state index contributed by atoms with van der Waals surface area (Å²) >= 11 is 11.0. The molecular weight excluding hydrogens is 276 g/mol. The fraction of sp³-hybridized carbons (Fsp3) is 0.364. The number of halogens is 1. The summed E-state index contributed by atoms with van der Waals surface area (Å²) in [7, 11) is -0.783. The number of hydrogen-bond acceptors (Lipinski definition) is 3. The second-order valence-electron chi connectivity index (χ2n) is 3.39. The van der Waals surface area contributed by atoms with Crippen molar-refractivity contribution in [2.24, 2.45) is 5.73 Å². The quantitative estimate of drug-likeness (QED) is 0.788. The highest BCUT2D eigenvalue weighted by Gasteiger charge is 2.09. The van der Waals surface area contributed by atoms with Gasteiger partial charge in [0.1, 0.15) is 4.99 Å². The summed E-state index contributed by atoms with van der Waals surface area (Å²) in [5, 5.41) is 3.68. The first kappa shape index (κ1) is 14.4. The molecule has 1 atom stereocenters. The lowest BCUT2D eigenvalue weighted by atomic mass is 10.1. The maximum atomic E-state index is 11.3. The highest BCUT2D eigenvalue weighted by Crippen LogP contribution is 2.23. The SMILES string of the molecule is CCS(=O)CCNc1cccc(Cl)c1C(N)=S. The van der Waals surface area contributed by atoms with E-state index in [1.807, 2.05) is 19.1 Å². The predicted octanol–water partition coefficient (Wildman–Crippen LogP) is 2.15. The molecule has 0 aliphatic carbocycles. The fourth-order valence-corrected chi connectivity index (χ4v) is 2.54. The third-order valence-electron chi connectivity index (χ3n) is 2.23. The van der Waals surface area contributed by atoms with Crippen LogP contribution in [0.1, 0.15) is 12.5 Å². The minimum absolute atomic E-state index is 0.259. The van der Waals surface area contributed by atoms with Gasteiger partial charge in [-0.05, 0) is 12.1 Å². The molecule has 1 unspecified atom stereocenters. The first-order valence-electron chi connectivity index (χ1n) is 5.23. The molecule has 0 spiro atoms. The second kappa shape index (κ2) is 6.93. The molecule has 0 amide bonds. The van der Waals surface area contributed by atoms with E-state index in [0.29, 0.717) is 28.6 Å². The summed E-state index contributed by atoms with van der Waals surface area (Å²) in [6.45, 7) is 2.51. The van der Waals surface area contributed by atoms with Crippen LogP contribution in [0.5, 0.6) is 0 Å². The van der Waals surface area contributed by atoms with Crippen LogP contribution < -0.4 is 11.1 Å². The van der Waals surface area contributed by atoms with Gasteiger partial charge in [0.15, 0.2) is 0 Å². The zero-order valence-corrected chi connectivity index (χ0v) is 11.9. The fourth-order valence-electron chi connectivity index (χ4n) is 1.37. The average molecular weight is 291 g/mol. The molecule has 0 bridgehead atoms. The third-order valence-corrected chi connectivity index (χ3v) is 4.05. The summed E-state index contributed by atoms with van der Waals surface area (Å²) < 4.78 is 11.3. The molecule has 0 saturated heterocycles. The topological polar surface area (TPSA) is 55.1 Å². The van der Waals surface area contributed by atoms with Gasteiger partial charge in [-0.2, -0.15) is 0 Å². The van der Waals surface area contributed by atoms with Crippen molar-refractivity contribution in [1.29, 1.82) is 0 Å². The van der Waals surface area contributed by atoms with Crippen molar-refractivity contribution in [3.05, 3.63) is 28.8 Å². The van der Waals surface area contributed by atoms with Crippen LogP contribution in [0.4, 0.5) is 5.69 Å². The molecule has 1 aromatic carbocycles. The summed E-state index contributed by atoms with van der Waals surface area (Å²) in [6, 6.07) is 5.42. The van der Waals surface area contributed by atoms with Crippen molar-refractivity contribution in [3.63, 3.8) is 0 Å². The number of thiocarbonyl (C=S) groups is 1. The number of benzene rings is 1. The van der Waals surface area contributed by atoms with E-state index in [4.69, 9.17) is 29.6 Å². The van der Waals surface area contributed by atoms with Gasteiger partial charge in [0, 0.05) is 34.5 Å². The maximum Gasteiger partial charge on any atom is 0.107 e. The van der Waals surface area contributed by atoms with Gasteiger partial charge in [-0.25, -0.2) is 0 Å². The molecule has 0 heterocycles. The molecule has 0 aliphatic rings. The molecule has 0 saturated carbocycles. The van der Waals surface area contributed by atoms with E-state index in [0.717, 1.165) is 5.69 Å². The highest BCUT2D eigenvalue weighted by molar-refractivity contribution is 7.84. The smallest absolute Gasteiger partial charge is 0.107 e. The predicted molar refractivity (Wildman–Crippen MR) is 79.4 cm³/mol. The van der Waals surface area contributed by atoms with Crippen molar-refractivity contribution in [2.45, 2.75) is 6.92 Å². The van der Waals surface area contributed by atoms with E-state index >= 15 is 0 Å². The van der Waals surface area contributed by atoms with Crippen LogP contribution in [-0.4, -0.2) is 27.2 Å². The van der Waals surface area contributed by atoms with E-state index < -0.39 is 10.8 Å². The minimum Gasteiger partial charge on any atom is -0.389 e. The van der Waals surface area contributed by atoms with Gasteiger partial charge in [0.25, 0.3) is 0 Å². The zero-order valence-electron chi connectivity index (χ0n) is 9.53. The molecule has 3 N–H and O–H groups in total. The largest absolute Gasteiger partial charge is 0.389 e. The van der Waals surface area contributed by atoms with Crippen LogP contribution >= 0.6 is 23.8 Å². The molecule has 0 radical (unpaired) electrons. The van der Waals surface area contributed by atoms with Crippen molar-refractivity contribution >= 4 is 45.3 Å². The Kier molecular flexibility index (Phi) is 5.88. The van der Waals surface area contributed by atoms with Crippen LogP contribution in [0.2, 0.25) is 5.02 Å². The van der Waals surface area contributed by atoms with Crippen molar-refractivity contribution < 1.29 is 4.21 Å². The van der Waals surface area contributed by atoms with Crippen LogP contribution in [0.3, 0.4) is 0 Å². The van der Waals surface area contributed by atoms with E-state index in [2.05, 4.69) is 5.32 Å². The number of rotatable bonds is 6. The zero-order chi connectivity index (χ0) is 12.8. The van der Waals surface area contributed by atoms with Crippen LogP contribution in [0, 0.1) is 0 Å². The second-order valence-corrected chi connectivity index (χ2v) is 6.10. The molecule has 17 heavy (non-hydrogen) atoms. The van der Waals surface area contributed by atoms with Crippen LogP contribution in [0.15, 0.2) is 18.2 Å². The molecular formula is C11H15ClN2OS2. The average Bonchev–Trinajstić information content (AvgIpc) is 2.28. The third kappa shape index (κ3) is 4.26. The Balaban J connectivity index is 2.74. The van der Waals surface area contributed by atoms with Gasteiger partial charge in [-0.1, -0.05) is 36.8 Å². The van der Waals surface area contributed by atoms with Crippen molar-refractivity contribution in [2.75, 3.05) is 23.4 Å². The Labute approximate surface area is 114 Å².